The van der Waals surface area contributed by atoms with Crippen LogP contribution < -0.4 is 15.0 Å². The molecule has 0 spiro atoms. The SMILES string of the molecule is CN1CCNCC1c1noc(CN2C(=O)COc3ccccc32)n1.Cl. The molecule has 1 amide bonds. The molecule has 2 aliphatic heterocycles. The highest BCUT2D eigenvalue weighted by molar-refractivity contribution is 5.97. The summed E-state index contributed by atoms with van der Waals surface area (Å²) in [5.74, 6) is 1.64. The molecule has 0 radical (unpaired) electrons. The van der Waals surface area contributed by atoms with Gasteiger partial charge in [0.15, 0.2) is 12.4 Å². The largest absolute Gasteiger partial charge is 0.482 e. The first-order chi connectivity index (χ1) is 11.7. The lowest BCUT2D eigenvalue weighted by Gasteiger charge is -2.30. The second-order valence-corrected chi connectivity index (χ2v) is 5.98. The summed E-state index contributed by atoms with van der Waals surface area (Å²) in [7, 11) is 2.04. The van der Waals surface area contributed by atoms with Crippen LogP contribution in [0.1, 0.15) is 17.8 Å². The van der Waals surface area contributed by atoms with E-state index >= 15 is 0 Å². The Kier molecular flexibility index (Phi) is 5.22. The first kappa shape index (κ1) is 17.7. The Hall–Kier alpha value is -2.16. The van der Waals surface area contributed by atoms with Crippen molar-refractivity contribution in [1.29, 1.82) is 0 Å². The minimum atomic E-state index is -0.120. The summed E-state index contributed by atoms with van der Waals surface area (Å²) in [4.78, 5) is 20.5. The molecule has 0 aliphatic carbocycles. The molecule has 1 saturated heterocycles. The molecule has 8 nitrogen and oxygen atoms in total. The lowest BCUT2D eigenvalue weighted by atomic mass is 10.2. The van der Waals surface area contributed by atoms with E-state index in [0.717, 1.165) is 25.3 Å². The van der Waals surface area contributed by atoms with Gasteiger partial charge in [-0.15, -0.1) is 12.4 Å². The predicted octanol–water partition coefficient (Wildman–Crippen LogP) is 0.993. The van der Waals surface area contributed by atoms with Gasteiger partial charge in [-0.25, -0.2) is 0 Å². The number of nitrogens with one attached hydrogen (secondary N) is 1. The molecule has 134 valence electrons. The van der Waals surface area contributed by atoms with Crippen molar-refractivity contribution in [3.05, 3.63) is 36.0 Å². The average Bonchev–Trinajstić information content (AvgIpc) is 3.06. The Labute approximate surface area is 151 Å². The Bertz CT molecular complexity index is 753. The number of carbonyl (C=O) groups is 1. The number of para-hydroxylation sites is 2. The Morgan fingerprint density at radius 2 is 2.20 bits per heavy atom. The van der Waals surface area contributed by atoms with E-state index in [4.69, 9.17) is 9.26 Å². The van der Waals surface area contributed by atoms with Crippen LogP contribution in [0.5, 0.6) is 5.75 Å². The topological polar surface area (TPSA) is 83.7 Å². The van der Waals surface area contributed by atoms with Crippen LogP contribution in [0.15, 0.2) is 28.8 Å². The van der Waals surface area contributed by atoms with Crippen molar-refractivity contribution in [3.63, 3.8) is 0 Å². The lowest BCUT2D eigenvalue weighted by molar-refractivity contribution is -0.121. The summed E-state index contributed by atoms with van der Waals surface area (Å²) in [5, 5.41) is 7.43. The highest BCUT2D eigenvalue weighted by Gasteiger charge is 2.29. The van der Waals surface area contributed by atoms with Gasteiger partial charge in [0.2, 0.25) is 5.89 Å². The number of benzene rings is 1. The van der Waals surface area contributed by atoms with Crippen LogP contribution in [0.25, 0.3) is 0 Å². The van der Waals surface area contributed by atoms with Crippen LogP contribution in [-0.4, -0.2) is 54.2 Å². The van der Waals surface area contributed by atoms with Crippen LogP contribution in [-0.2, 0) is 11.3 Å². The second-order valence-electron chi connectivity index (χ2n) is 5.98. The molecule has 1 unspecified atom stereocenters. The summed E-state index contributed by atoms with van der Waals surface area (Å²) in [6.07, 6.45) is 0. The molecule has 4 rings (SSSR count). The average molecular weight is 366 g/mol. The number of nitrogens with zero attached hydrogens (tertiary/aromatic N) is 4. The highest BCUT2D eigenvalue weighted by atomic mass is 35.5. The van der Waals surface area contributed by atoms with E-state index in [9.17, 15) is 4.79 Å². The van der Waals surface area contributed by atoms with Gasteiger partial charge in [-0.3, -0.25) is 14.6 Å². The predicted molar refractivity (Wildman–Crippen MR) is 92.9 cm³/mol. The van der Waals surface area contributed by atoms with Gasteiger partial charge in [-0.05, 0) is 19.2 Å². The van der Waals surface area contributed by atoms with Gasteiger partial charge in [0, 0.05) is 19.6 Å². The zero-order valence-electron chi connectivity index (χ0n) is 13.8. The van der Waals surface area contributed by atoms with Gasteiger partial charge < -0.3 is 14.6 Å². The van der Waals surface area contributed by atoms with Gasteiger partial charge in [0.25, 0.3) is 5.91 Å². The molecule has 1 N–H and O–H groups in total. The molecule has 0 saturated carbocycles. The van der Waals surface area contributed by atoms with E-state index in [1.807, 2.05) is 31.3 Å². The monoisotopic (exact) mass is 365 g/mol. The molecule has 1 aromatic carbocycles. The van der Waals surface area contributed by atoms with Crippen molar-refractivity contribution in [2.45, 2.75) is 12.6 Å². The number of aromatic nitrogens is 2. The molecule has 0 bridgehead atoms. The lowest BCUT2D eigenvalue weighted by Crippen LogP contribution is -2.44. The zero-order chi connectivity index (χ0) is 16.5. The fraction of sp³-hybridized carbons (Fsp3) is 0.438. The molecule has 2 aliphatic rings. The Morgan fingerprint density at radius 3 is 3.04 bits per heavy atom. The van der Waals surface area contributed by atoms with Crippen LogP contribution in [0, 0.1) is 0 Å². The maximum absolute atomic E-state index is 12.2. The van der Waals surface area contributed by atoms with Gasteiger partial charge in [0.05, 0.1) is 11.7 Å². The van der Waals surface area contributed by atoms with E-state index in [-0.39, 0.29) is 37.5 Å². The fourth-order valence-electron chi connectivity index (χ4n) is 3.02. The molecule has 1 aromatic heterocycles. The number of ether oxygens (including phenoxy) is 1. The molecule has 3 heterocycles. The van der Waals surface area contributed by atoms with E-state index in [0.29, 0.717) is 17.5 Å². The van der Waals surface area contributed by atoms with E-state index in [2.05, 4.69) is 20.4 Å². The number of carbonyl (C=O) groups excluding carboxylic acids is 1. The Balaban J connectivity index is 0.00000182. The maximum Gasteiger partial charge on any atom is 0.265 e. The third-order valence-corrected chi connectivity index (χ3v) is 4.39. The van der Waals surface area contributed by atoms with Crippen molar-refractivity contribution in [2.75, 3.05) is 38.2 Å². The number of fused-ring (bicyclic) bond motifs is 1. The summed E-state index contributed by atoms with van der Waals surface area (Å²) in [5.41, 5.74) is 0.727. The summed E-state index contributed by atoms with van der Waals surface area (Å²) >= 11 is 0. The number of anilines is 1. The fourth-order valence-corrected chi connectivity index (χ4v) is 3.02. The molecular weight excluding hydrogens is 346 g/mol. The van der Waals surface area contributed by atoms with Crippen LogP contribution in [0.2, 0.25) is 0 Å². The standard InChI is InChI=1S/C16H19N5O3.ClH/c1-20-7-6-17-8-12(20)16-18-14(24-19-16)9-21-11-4-2-3-5-13(11)23-10-15(21)22;/h2-5,12,17H,6-10H2,1H3;1H. The smallest absolute Gasteiger partial charge is 0.265 e. The van der Waals surface area contributed by atoms with Crippen molar-refractivity contribution < 1.29 is 14.1 Å². The van der Waals surface area contributed by atoms with Crippen molar-refractivity contribution in [2.24, 2.45) is 0 Å². The number of hydrogen-bond acceptors (Lipinski definition) is 7. The van der Waals surface area contributed by atoms with E-state index in [1.54, 1.807) is 4.90 Å². The number of halogens is 1. The number of piperazine rings is 1. The third-order valence-electron chi connectivity index (χ3n) is 4.39. The number of hydrogen-bond donors (Lipinski definition) is 1. The molecule has 1 fully saturated rings. The minimum Gasteiger partial charge on any atom is -0.482 e. The van der Waals surface area contributed by atoms with Gasteiger partial charge in [0.1, 0.15) is 12.3 Å². The van der Waals surface area contributed by atoms with Gasteiger partial charge in [-0.2, -0.15) is 4.98 Å². The van der Waals surface area contributed by atoms with Crippen molar-refractivity contribution >= 4 is 24.0 Å². The second kappa shape index (κ2) is 7.38. The van der Waals surface area contributed by atoms with Crippen LogP contribution >= 0.6 is 12.4 Å². The third kappa shape index (κ3) is 3.46. The maximum atomic E-state index is 12.2. The van der Waals surface area contributed by atoms with Gasteiger partial charge in [-0.1, -0.05) is 17.3 Å². The van der Waals surface area contributed by atoms with E-state index < -0.39 is 0 Å². The number of amides is 1. The molecule has 1 atom stereocenters. The molecule has 2 aromatic rings. The van der Waals surface area contributed by atoms with Crippen LogP contribution in [0.4, 0.5) is 5.69 Å². The summed E-state index contributed by atoms with van der Waals surface area (Å²) in [6, 6.07) is 7.53. The number of likely N-dealkylation sites (N-methyl/N-ethyl adjacent to an activating group) is 1. The molecular formula is C16H20ClN5O3. The first-order valence-electron chi connectivity index (χ1n) is 7.98. The van der Waals surface area contributed by atoms with Crippen LogP contribution in [0.3, 0.4) is 0 Å². The number of rotatable bonds is 3. The summed E-state index contributed by atoms with van der Waals surface area (Å²) in [6.45, 7) is 2.94. The highest BCUT2D eigenvalue weighted by Crippen LogP contribution is 2.32. The Morgan fingerprint density at radius 1 is 1.36 bits per heavy atom. The quantitative estimate of drug-likeness (QED) is 0.868. The van der Waals surface area contributed by atoms with Gasteiger partial charge >= 0.3 is 0 Å². The first-order valence-corrected chi connectivity index (χ1v) is 7.98. The molecule has 9 heteroatoms. The van der Waals surface area contributed by atoms with Crippen molar-refractivity contribution in [3.8, 4) is 5.75 Å². The van der Waals surface area contributed by atoms with Crippen molar-refractivity contribution in [1.82, 2.24) is 20.4 Å². The molecule has 25 heavy (non-hydrogen) atoms. The normalized spacial score (nSPS) is 20.6. The zero-order valence-corrected chi connectivity index (χ0v) is 14.7. The minimum absolute atomic E-state index is 0. The van der Waals surface area contributed by atoms with E-state index in [1.165, 1.54) is 0 Å². The summed E-state index contributed by atoms with van der Waals surface area (Å²) < 4.78 is 10.8.